The molecule has 1 aromatic carbocycles. The van der Waals surface area contributed by atoms with Crippen molar-refractivity contribution < 1.29 is 17.9 Å². The van der Waals surface area contributed by atoms with Gasteiger partial charge in [0.1, 0.15) is 5.75 Å². The lowest BCUT2D eigenvalue weighted by atomic mass is 9.77. The predicted molar refractivity (Wildman–Crippen MR) is 91.4 cm³/mol. The molecule has 0 aliphatic carbocycles. The third-order valence-electron chi connectivity index (χ3n) is 3.81. The smallest absolute Gasteiger partial charge is 0.308 e. The lowest BCUT2D eigenvalue weighted by Gasteiger charge is -2.31. The van der Waals surface area contributed by atoms with Crippen molar-refractivity contribution in [2.75, 3.05) is 0 Å². The third kappa shape index (κ3) is 3.20. The molecule has 1 aromatic rings. The normalized spacial score (nSPS) is 16.3. The molecule has 0 aromatic heterocycles. The molecule has 1 aliphatic rings. The number of benzene rings is 1. The maximum Gasteiger partial charge on any atom is 0.308 e. The van der Waals surface area contributed by atoms with Gasteiger partial charge < -0.3 is 4.74 Å². The van der Waals surface area contributed by atoms with Gasteiger partial charge in [-0.1, -0.05) is 41.5 Å². The summed E-state index contributed by atoms with van der Waals surface area (Å²) in [6.45, 7) is 13.2. The van der Waals surface area contributed by atoms with Crippen molar-refractivity contribution in [3.63, 3.8) is 0 Å². The van der Waals surface area contributed by atoms with Crippen molar-refractivity contribution in [2.24, 2.45) is 0 Å². The summed E-state index contributed by atoms with van der Waals surface area (Å²) in [7, 11) is -3.44. The third-order valence-corrected chi connectivity index (χ3v) is 5.25. The summed E-state index contributed by atoms with van der Waals surface area (Å²) in [4.78, 5) is 11.9. The number of sulfone groups is 1. The molecule has 4 nitrogen and oxygen atoms in total. The highest BCUT2D eigenvalue weighted by Crippen LogP contribution is 2.47. The topological polar surface area (TPSA) is 60.4 Å². The van der Waals surface area contributed by atoms with Crippen molar-refractivity contribution in [1.29, 1.82) is 0 Å². The minimum atomic E-state index is -3.44. The number of ether oxygens (including phenoxy) is 1. The Labute approximate surface area is 138 Å². The van der Waals surface area contributed by atoms with Crippen LogP contribution in [0.3, 0.4) is 0 Å². The molecule has 5 heteroatoms. The minimum Gasteiger partial charge on any atom is -0.426 e. The zero-order valence-electron chi connectivity index (χ0n) is 14.8. The highest BCUT2D eigenvalue weighted by atomic mass is 32.2. The SMILES string of the molecule is CC(=O)Oc1c(C(C)(C)C)cc2c(c1C(C)(C)C)C=CS2(=O)=O. The predicted octanol–water partition coefficient (Wildman–Crippen LogP) is 3.96. The monoisotopic (exact) mass is 336 g/mol. The number of esters is 1. The van der Waals surface area contributed by atoms with Crippen LogP contribution < -0.4 is 4.74 Å². The van der Waals surface area contributed by atoms with Gasteiger partial charge in [-0.15, -0.1) is 0 Å². The Morgan fingerprint density at radius 2 is 1.61 bits per heavy atom. The van der Waals surface area contributed by atoms with E-state index in [1.165, 1.54) is 12.3 Å². The van der Waals surface area contributed by atoms with Crippen molar-refractivity contribution in [3.8, 4) is 5.75 Å². The highest BCUT2D eigenvalue weighted by molar-refractivity contribution is 7.94. The molecule has 0 atom stereocenters. The molecule has 1 aliphatic heterocycles. The van der Waals surface area contributed by atoms with Crippen molar-refractivity contribution in [1.82, 2.24) is 0 Å². The van der Waals surface area contributed by atoms with Crippen LogP contribution in [-0.2, 0) is 25.5 Å². The first kappa shape index (κ1) is 17.7. The molecule has 0 radical (unpaired) electrons. The molecule has 0 saturated heterocycles. The van der Waals surface area contributed by atoms with Crippen LogP contribution in [0.15, 0.2) is 16.4 Å². The van der Waals surface area contributed by atoms with Gasteiger partial charge in [-0.25, -0.2) is 8.42 Å². The van der Waals surface area contributed by atoms with Crippen LogP contribution >= 0.6 is 0 Å². The largest absolute Gasteiger partial charge is 0.426 e. The number of rotatable bonds is 1. The molecule has 0 unspecified atom stereocenters. The Kier molecular flexibility index (Phi) is 4.01. The average Bonchev–Trinajstić information content (AvgIpc) is 2.60. The second-order valence-electron chi connectivity index (χ2n) is 7.98. The minimum absolute atomic E-state index is 0.295. The van der Waals surface area contributed by atoms with Crippen molar-refractivity contribution >= 4 is 21.9 Å². The van der Waals surface area contributed by atoms with Crippen LogP contribution in [0.25, 0.3) is 6.08 Å². The van der Waals surface area contributed by atoms with E-state index in [9.17, 15) is 13.2 Å². The van der Waals surface area contributed by atoms with Crippen molar-refractivity contribution in [3.05, 3.63) is 28.2 Å². The Morgan fingerprint density at radius 1 is 1.04 bits per heavy atom. The zero-order chi connectivity index (χ0) is 17.8. The van der Waals surface area contributed by atoms with Gasteiger partial charge >= 0.3 is 5.97 Å². The number of carbonyl (C=O) groups is 1. The van der Waals surface area contributed by atoms with Crippen LogP contribution in [0, 0.1) is 0 Å². The van der Waals surface area contributed by atoms with E-state index < -0.39 is 15.8 Å². The number of fused-ring (bicyclic) bond motifs is 1. The molecule has 2 rings (SSSR count). The number of hydrogen-bond donors (Lipinski definition) is 0. The van der Waals surface area contributed by atoms with E-state index in [0.29, 0.717) is 16.2 Å². The van der Waals surface area contributed by atoms with E-state index in [-0.39, 0.29) is 10.8 Å². The Hall–Kier alpha value is -1.62. The summed E-state index contributed by atoms with van der Waals surface area (Å²) >= 11 is 0. The fourth-order valence-electron chi connectivity index (χ4n) is 2.84. The summed E-state index contributed by atoms with van der Waals surface area (Å²) in [5.74, 6) is 0.0729. The van der Waals surface area contributed by atoms with Crippen LogP contribution in [0.2, 0.25) is 0 Å². The zero-order valence-corrected chi connectivity index (χ0v) is 15.6. The molecule has 126 valence electrons. The van der Waals surface area contributed by atoms with Gasteiger partial charge in [0.25, 0.3) is 0 Å². The second kappa shape index (κ2) is 5.20. The molecule has 0 amide bonds. The summed E-state index contributed by atoms with van der Waals surface area (Å²) < 4.78 is 30.3. The van der Waals surface area contributed by atoms with Gasteiger partial charge in [0.05, 0.1) is 4.90 Å². The summed E-state index contributed by atoms with van der Waals surface area (Å²) in [5.41, 5.74) is 1.37. The summed E-state index contributed by atoms with van der Waals surface area (Å²) in [5, 5.41) is 1.22. The molecule has 0 bridgehead atoms. The molecule has 1 heterocycles. The molecular formula is C18H24O4S. The van der Waals surface area contributed by atoms with Crippen molar-refractivity contribution in [2.45, 2.75) is 64.2 Å². The Balaban J connectivity index is 2.99. The molecule has 0 saturated carbocycles. The lowest BCUT2D eigenvalue weighted by molar-refractivity contribution is -0.132. The first-order valence-electron chi connectivity index (χ1n) is 7.58. The summed E-state index contributed by atoms with van der Waals surface area (Å²) in [6.07, 6.45) is 1.60. The molecule has 0 N–H and O–H groups in total. The Bertz CT molecular complexity index is 801. The van der Waals surface area contributed by atoms with E-state index in [2.05, 4.69) is 0 Å². The molecule has 0 spiro atoms. The number of hydrogen-bond acceptors (Lipinski definition) is 4. The van der Waals surface area contributed by atoms with E-state index in [1.807, 2.05) is 41.5 Å². The Morgan fingerprint density at radius 3 is 2.04 bits per heavy atom. The maximum atomic E-state index is 12.4. The summed E-state index contributed by atoms with van der Waals surface area (Å²) in [6, 6.07) is 1.65. The van der Waals surface area contributed by atoms with Crippen LogP contribution in [-0.4, -0.2) is 14.4 Å². The van der Waals surface area contributed by atoms with Gasteiger partial charge in [-0.2, -0.15) is 0 Å². The fraction of sp³-hybridized carbons (Fsp3) is 0.500. The van der Waals surface area contributed by atoms with Gasteiger partial charge in [-0.3, -0.25) is 4.79 Å². The standard InChI is InChI=1S/C18H24O4S/c1-11(19)22-16-13(17(2,3)4)10-14-12(8-9-23(14,20)21)15(16)18(5,6)7/h8-10H,1-7H3. The van der Waals surface area contributed by atoms with Gasteiger partial charge in [-0.05, 0) is 23.0 Å². The second-order valence-corrected chi connectivity index (χ2v) is 9.78. The molecular weight excluding hydrogens is 312 g/mol. The van der Waals surface area contributed by atoms with E-state index in [4.69, 9.17) is 4.74 Å². The lowest BCUT2D eigenvalue weighted by Crippen LogP contribution is -2.23. The van der Waals surface area contributed by atoms with Crippen LogP contribution in [0.4, 0.5) is 0 Å². The quantitative estimate of drug-likeness (QED) is 0.575. The maximum absolute atomic E-state index is 12.4. The molecule has 0 fully saturated rings. The van der Waals surface area contributed by atoms with E-state index in [0.717, 1.165) is 11.1 Å². The average molecular weight is 336 g/mol. The fourth-order valence-corrected chi connectivity index (χ4v) is 4.06. The number of carbonyl (C=O) groups excluding carboxylic acids is 1. The highest BCUT2D eigenvalue weighted by Gasteiger charge is 2.36. The van der Waals surface area contributed by atoms with Gasteiger partial charge in [0.15, 0.2) is 9.84 Å². The molecule has 23 heavy (non-hydrogen) atoms. The van der Waals surface area contributed by atoms with Crippen LogP contribution in [0.1, 0.15) is 65.2 Å². The van der Waals surface area contributed by atoms with Gasteiger partial charge in [0.2, 0.25) is 0 Å². The van der Waals surface area contributed by atoms with E-state index in [1.54, 1.807) is 12.1 Å². The first-order valence-corrected chi connectivity index (χ1v) is 9.13. The first-order chi connectivity index (χ1) is 10.2. The van der Waals surface area contributed by atoms with E-state index >= 15 is 0 Å². The van der Waals surface area contributed by atoms with Crippen LogP contribution in [0.5, 0.6) is 5.75 Å². The van der Waals surface area contributed by atoms with Gasteiger partial charge in [0, 0.05) is 29.0 Å².